The number of aliphatic carboxylic acids is 1. The van der Waals surface area contributed by atoms with Gasteiger partial charge in [-0.1, -0.05) is 12.1 Å². The highest BCUT2D eigenvalue weighted by molar-refractivity contribution is 5.78. The maximum Gasteiger partial charge on any atom is 0.341 e. The summed E-state index contributed by atoms with van der Waals surface area (Å²) in [5.74, 6) is -0.678. The summed E-state index contributed by atoms with van der Waals surface area (Å²) in [7, 11) is 3.38. The first-order chi connectivity index (χ1) is 11.3. The normalized spacial score (nSPS) is 11.5. The number of carboxylic acids is 1. The molecule has 2 N–H and O–H groups in total. The highest BCUT2D eigenvalue weighted by Gasteiger charge is 2.11. The van der Waals surface area contributed by atoms with Crippen LogP contribution in [0.1, 0.15) is 37.8 Å². The van der Waals surface area contributed by atoms with Gasteiger partial charge in [-0.05, 0) is 31.0 Å². The lowest BCUT2D eigenvalue weighted by Crippen LogP contribution is -2.27. The zero-order chi connectivity index (χ0) is 18.1. The maximum absolute atomic E-state index is 11.9. The number of hydrogen-bond donors (Lipinski definition) is 2. The number of carbonyl (C=O) groups is 3. The molecule has 1 aromatic rings. The quantitative estimate of drug-likeness (QED) is 0.714. The average molecular weight is 336 g/mol. The van der Waals surface area contributed by atoms with Gasteiger partial charge in [0.15, 0.2) is 6.61 Å². The molecule has 0 saturated carbocycles. The van der Waals surface area contributed by atoms with Crippen LogP contribution >= 0.6 is 0 Å². The minimum atomic E-state index is -1.03. The van der Waals surface area contributed by atoms with E-state index in [1.807, 2.05) is 6.92 Å². The first kappa shape index (κ1) is 19.5. The maximum atomic E-state index is 11.9. The number of ether oxygens (including phenoxy) is 1. The average Bonchev–Trinajstić information content (AvgIpc) is 2.53. The lowest BCUT2D eigenvalue weighted by Gasteiger charge is -2.15. The minimum Gasteiger partial charge on any atom is -0.482 e. The van der Waals surface area contributed by atoms with Crippen LogP contribution in [0.15, 0.2) is 24.3 Å². The molecule has 1 aromatic carbocycles. The van der Waals surface area contributed by atoms with E-state index < -0.39 is 12.6 Å². The van der Waals surface area contributed by atoms with Crippen molar-refractivity contribution in [3.05, 3.63) is 29.8 Å². The van der Waals surface area contributed by atoms with Crippen LogP contribution in [0.5, 0.6) is 5.75 Å². The molecule has 132 valence electrons. The van der Waals surface area contributed by atoms with Gasteiger partial charge < -0.3 is 20.1 Å². The number of hydrogen-bond acceptors (Lipinski definition) is 4. The van der Waals surface area contributed by atoms with Crippen molar-refractivity contribution in [1.29, 1.82) is 0 Å². The number of rotatable bonds is 9. The highest BCUT2D eigenvalue weighted by atomic mass is 16.5. The molecule has 2 amide bonds. The van der Waals surface area contributed by atoms with Crippen molar-refractivity contribution in [3.63, 3.8) is 0 Å². The van der Waals surface area contributed by atoms with Crippen molar-refractivity contribution < 1.29 is 24.2 Å². The third-order valence-electron chi connectivity index (χ3n) is 3.41. The SMILES string of the molecule is CC(NC(=O)CCCC(=O)N(C)C)c1ccc(OCC(=O)O)cc1. The molecule has 24 heavy (non-hydrogen) atoms. The number of carboxylic acid groups (broad SMARTS) is 1. The molecule has 0 radical (unpaired) electrons. The summed E-state index contributed by atoms with van der Waals surface area (Å²) < 4.78 is 5.06. The standard InChI is InChI=1S/C17H24N2O5/c1-12(18-15(20)5-4-6-16(21)19(2)3)13-7-9-14(10-8-13)24-11-17(22)23/h7-10,12H,4-6,11H2,1-3H3,(H,18,20)(H,22,23). The smallest absolute Gasteiger partial charge is 0.341 e. The number of carbonyl (C=O) groups excluding carboxylic acids is 2. The monoisotopic (exact) mass is 336 g/mol. The Morgan fingerprint density at radius 3 is 2.33 bits per heavy atom. The summed E-state index contributed by atoms with van der Waals surface area (Å²) in [5, 5.41) is 11.4. The predicted octanol–water partition coefficient (Wildman–Crippen LogP) is 1.59. The number of amides is 2. The van der Waals surface area contributed by atoms with Crippen molar-refractivity contribution in [2.75, 3.05) is 20.7 Å². The minimum absolute atomic E-state index is 0.00722. The second-order valence-electron chi connectivity index (χ2n) is 5.68. The first-order valence-electron chi connectivity index (χ1n) is 7.73. The Hall–Kier alpha value is -2.57. The van der Waals surface area contributed by atoms with Gasteiger partial charge in [0.2, 0.25) is 11.8 Å². The summed E-state index contributed by atoms with van der Waals surface area (Å²) >= 11 is 0. The van der Waals surface area contributed by atoms with E-state index in [2.05, 4.69) is 5.32 Å². The Morgan fingerprint density at radius 2 is 1.79 bits per heavy atom. The molecule has 0 spiro atoms. The van der Waals surface area contributed by atoms with Gasteiger partial charge in [0.1, 0.15) is 5.75 Å². The van der Waals surface area contributed by atoms with Crippen molar-refractivity contribution in [1.82, 2.24) is 10.2 Å². The fourth-order valence-electron chi connectivity index (χ4n) is 2.02. The van der Waals surface area contributed by atoms with Gasteiger partial charge in [-0.15, -0.1) is 0 Å². The molecular formula is C17H24N2O5. The molecule has 1 atom stereocenters. The van der Waals surface area contributed by atoms with Crippen LogP contribution in [0.3, 0.4) is 0 Å². The molecule has 0 heterocycles. The second kappa shape index (κ2) is 9.54. The van der Waals surface area contributed by atoms with E-state index in [1.54, 1.807) is 38.4 Å². The van der Waals surface area contributed by atoms with Gasteiger partial charge in [0.05, 0.1) is 6.04 Å². The van der Waals surface area contributed by atoms with Gasteiger partial charge in [0.25, 0.3) is 0 Å². The fourth-order valence-corrected chi connectivity index (χ4v) is 2.02. The molecule has 0 aliphatic rings. The Bertz CT molecular complexity index is 569. The number of nitrogens with zero attached hydrogens (tertiary/aromatic N) is 1. The van der Waals surface area contributed by atoms with Crippen molar-refractivity contribution in [2.24, 2.45) is 0 Å². The Balaban J connectivity index is 2.40. The lowest BCUT2D eigenvalue weighted by atomic mass is 10.1. The Labute approximate surface area is 141 Å². The van der Waals surface area contributed by atoms with E-state index in [1.165, 1.54) is 4.90 Å². The van der Waals surface area contributed by atoms with Gasteiger partial charge in [-0.25, -0.2) is 4.79 Å². The molecule has 0 saturated heterocycles. The molecular weight excluding hydrogens is 312 g/mol. The van der Waals surface area contributed by atoms with Gasteiger partial charge in [0, 0.05) is 26.9 Å². The number of nitrogens with one attached hydrogen (secondary N) is 1. The molecule has 0 fully saturated rings. The summed E-state index contributed by atoms with van der Waals surface area (Å²) in [6.07, 6.45) is 1.16. The van der Waals surface area contributed by atoms with Crippen molar-refractivity contribution >= 4 is 17.8 Å². The zero-order valence-corrected chi connectivity index (χ0v) is 14.2. The fraction of sp³-hybridized carbons (Fsp3) is 0.471. The highest BCUT2D eigenvalue weighted by Crippen LogP contribution is 2.18. The third kappa shape index (κ3) is 7.13. The number of benzene rings is 1. The molecule has 7 nitrogen and oxygen atoms in total. The van der Waals surface area contributed by atoms with Crippen LogP contribution in [0.4, 0.5) is 0 Å². The van der Waals surface area contributed by atoms with Gasteiger partial charge >= 0.3 is 5.97 Å². The van der Waals surface area contributed by atoms with Gasteiger partial charge in [-0.3, -0.25) is 9.59 Å². The van der Waals surface area contributed by atoms with Gasteiger partial charge in [-0.2, -0.15) is 0 Å². The van der Waals surface area contributed by atoms with Crippen LogP contribution in [0.25, 0.3) is 0 Å². The van der Waals surface area contributed by atoms with E-state index in [-0.39, 0.29) is 17.9 Å². The predicted molar refractivity (Wildman–Crippen MR) is 88.7 cm³/mol. The second-order valence-corrected chi connectivity index (χ2v) is 5.68. The van der Waals surface area contributed by atoms with E-state index in [4.69, 9.17) is 9.84 Å². The summed E-state index contributed by atoms with van der Waals surface area (Å²) in [6.45, 7) is 1.47. The summed E-state index contributed by atoms with van der Waals surface area (Å²) in [6, 6.07) is 6.69. The zero-order valence-electron chi connectivity index (χ0n) is 14.2. The topological polar surface area (TPSA) is 95.9 Å². The van der Waals surface area contributed by atoms with E-state index >= 15 is 0 Å². The Kier molecular flexibility index (Phi) is 7.74. The summed E-state index contributed by atoms with van der Waals surface area (Å²) in [5.41, 5.74) is 0.885. The Morgan fingerprint density at radius 1 is 1.17 bits per heavy atom. The van der Waals surface area contributed by atoms with E-state index in [0.717, 1.165) is 5.56 Å². The molecule has 0 bridgehead atoms. The molecule has 0 aliphatic carbocycles. The lowest BCUT2D eigenvalue weighted by molar-refractivity contribution is -0.139. The van der Waals surface area contributed by atoms with Crippen LogP contribution in [-0.4, -0.2) is 48.5 Å². The molecule has 1 unspecified atom stereocenters. The molecule has 1 rings (SSSR count). The van der Waals surface area contributed by atoms with Crippen LogP contribution in [-0.2, 0) is 14.4 Å². The van der Waals surface area contributed by atoms with Crippen molar-refractivity contribution in [3.8, 4) is 5.75 Å². The molecule has 0 aromatic heterocycles. The summed E-state index contributed by atoms with van der Waals surface area (Å²) in [4.78, 5) is 35.3. The third-order valence-corrected chi connectivity index (χ3v) is 3.41. The van der Waals surface area contributed by atoms with Crippen LogP contribution in [0.2, 0.25) is 0 Å². The first-order valence-corrected chi connectivity index (χ1v) is 7.73. The van der Waals surface area contributed by atoms with Crippen LogP contribution < -0.4 is 10.1 Å². The molecule has 7 heteroatoms. The van der Waals surface area contributed by atoms with Crippen LogP contribution in [0, 0.1) is 0 Å². The molecule has 0 aliphatic heterocycles. The largest absolute Gasteiger partial charge is 0.482 e. The van der Waals surface area contributed by atoms with Crippen molar-refractivity contribution in [2.45, 2.75) is 32.2 Å². The van der Waals surface area contributed by atoms with E-state index in [0.29, 0.717) is 25.0 Å². The van der Waals surface area contributed by atoms with E-state index in [9.17, 15) is 14.4 Å².